The number of benzene rings is 2. The van der Waals surface area contributed by atoms with E-state index >= 15 is 0 Å². The third kappa shape index (κ3) is 3.65. The second-order valence-electron chi connectivity index (χ2n) is 8.33. The molecule has 0 unspecified atom stereocenters. The molecule has 158 valence electrons. The number of aromatic hydroxyl groups is 1. The molecule has 2 aliphatic heterocycles. The van der Waals surface area contributed by atoms with E-state index in [-0.39, 0.29) is 36.9 Å². The van der Waals surface area contributed by atoms with Crippen molar-refractivity contribution in [3.05, 3.63) is 48.0 Å². The van der Waals surface area contributed by atoms with Crippen LogP contribution >= 0.6 is 0 Å². The van der Waals surface area contributed by atoms with E-state index in [0.29, 0.717) is 54.7 Å². The summed E-state index contributed by atoms with van der Waals surface area (Å²) in [6.07, 6.45) is 0.594. The molecule has 2 N–H and O–H groups in total. The van der Waals surface area contributed by atoms with Gasteiger partial charge in [0, 0.05) is 24.7 Å². The van der Waals surface area contributed by atoms with Gasteiger partial charge in [0.2, 0.25) is 12.7 Å². The molecular formula is C23H25NO6. The van der Waals surface area contributed by atoms with Crippen LogP contribution in [0, 0.1) is 11.8 Å². The number of rotatable bonds is 4. The van der Waals surface area contributed by atoms with Gasteiger partial charge in [0.05, 0.1) is 12.5 Å². The molecule has 2 heterocycles. The van der Waals surface area contributed by atoms with Gasteiger partial charge < -0.3 is 29.3 Å². The Balaban J connectivity index is 1.22. The summed E-state index contributed by atoms with van der Waals surface area (Å²) in [4.78, 5) is 14.6. The predicted octanol–water partition coefficient (Wildman–Crippen LogP) is 2.34. The van der Waals surface area contributed by atoms with Gasteiger partial charge in [0.1, 0.15) is 17.6 Å². The number of likely N-dealkylation sites (tertiary alicyclic amines) is 1. The number of nitrogens with zero attached hydrogens (tertiary/aromatic N) is 1. The maximum Gasteiger partial charge on any atom is 0.231 e. The number of carbonyl (C=O) groups excluding carboxylic acids is 1. The van der Waals surface area contributed by atoms with Gasteiger partial charge in [-0.2, -0.15) is 0 Å². The summed E-state index contributed by atoms with van der Waals surface area (Å²) in [6.45, 7) is 1.51. The number of hydrogen-bond acceptors (Lipinski definition) is 6. The van der Waals surface area contributed by atoms with Crippen LogP contribution in [0.4, 0.5) is 0 Å². The average Bonchev–Trinajstić information content (AvgIpc) is 3.36. The van der Waals surface area contributed by atoms with Crippen LogP contribution in [0.15, 0.2) is 42.5 Å². The molecule has 0 spiro atoms. The third-order valence-electron chi connectivity index (χ3n) is 6.40. The lowest BCUT2D eigenvalue weighted by molar-refractivity contribution is -0.129. The molecule has 2 aromatic carbocycles. The molecule has 1 amide bonds. The van der Waals surface area contributed by atoms with Crippen LogP contribution in [0.2, 0.25) is 0 Å². The van der Waals surface area contributed by atoms with Gasteiger partial charge in [-0.15, -0.1) is 0 Å². The molecule has 2 fully saturated rings. The van der Waals surface area contributed by atoms with Crippen molar-refractivity contribution in [2.75, 3.05) is 19.9 Å². The largest absolute Gasteiger partial charge is 0.508 e. The molecule has 4 atom stereocenters. The zero-order valence-corrected chi connectivity index (χ0v) is 16.6. The number of hydrogen-bond donors (Lipinski definition) is 2. The van der Waals surface area contributed by atoms with Crippen LogP contribution in [0.25, 0.3) is 0 Å². The minimum absolute atomic E-state index is 0.00799. The number of ether oxygens (including phenoxy) is 3. The van der Waals surface area contributed by atoms with Crippen LogP contribution in [-0.4, -0.2) is 53.1 Å². The Morgan fingerprint density at radius 1 is 1.07 bits per heavy atom. The van der Waals surface area contributed by atoms with E-state index in [1.165, 1.54) is 0 Å². The number of phenolic OH excluding ortho intramolecular Hbond substituents is 1. The molecule has 30 heavy (non-hydrogen) atoms. The van der Waals surface area contributed by atoms with Crippen LogP contribution in [-0.2, 0) is 11.2 Å². The quantitative estimate of drug-likeness (QED) is 0.803. The molecule has 1 saturated heterocycles. The van der Waals surface area contributed by atoms with Crippen molar-refractivity contribution in [2.24, 2.45) is 11.8 Å². The van der Waals surface area contributed by atoms with Crippen molar-refractivity contribution in [2.45, 2.75) is 31.5 Å². The van der Waals surface area contributed by atoms with Crippen LogP contribution in [0.5, 0.6) is 23.0 Å². The summed E-state index contributed by atoms with van der Waals surface area (Å²) < 4.78 is 16.8. The maximum absolute atomic E-state index is 12.8. The smallest absolute Gasteiger partial charge is 0.231 e. The fourth-order valence-electron chi connectivity index (χ4n) is 4.78. The Labute approximate surface area is 174 Å². The molecule has 1 aliphatic carbocycles. The normalized spacial score (nSPS) is 27.0. The Bertz CT molecular complexity index is 947. The second kappa shape index (κ2) is 7.72. The van der Waals surface area contributed by atoms with Gasteiger partial charge in [-0.3, -0.25) is 4.79 Å². The van der Waals surface area contributed by atoms with E-state index in [2.05, 4.69) is 0 Å². The Morgan fingerprint density at radius 3 is 2.67 bits per heavy atom. The molecule has 3 aliphatic rings. The standard InChI is InChI=1S/C23H25NO6/c25-18-4-2-1-3-14(18)9-23(27)24-11-15-7-19(26)21(8-16(15)12-24)30-17-5-6-20-22(10-17)29-13-28-20/h1-6,10,15-16,19,21,25-26H,7-9,11-13H2/t15-,16+,19+,21+/m0/s1. The first-order chi connectivity index (χ1) is 14.6. The molecule has 5 rings (SSSR count). The van der Waals surface area contributed by atoms with E-state index in [1.54, 1.807) is 24.3 Å². The molecule has 7 heteroatoms. The fraction of sp³-hybridized carbons (Fsp3) is 0.435. The lowest BCUT2D eigenvalue weighted by atomic mass is 9.78. The third-order valence-corrected chi connectivity index (χ3v) is 6.40. The molecule has 7 nitrogen and oxygen atoms in total. The van der Waals surface area contributed by atoms with E-state index in [1.807, 2.05) is 23.1 Å². The van der Waals surface area contributed by atoms with Crippen LogP contribution in [0.3, 0.4) is 0 Å². The average molecular weight is 411 g/mol. The highest BCUT2D eigenvalue weighted by molar-refractivity contribution is 5.79. The van der Waals surface area contributed by atoms with Crippen LogP contribution < -0.4 is 14.2 Å². The summed E-state index contributed by atoms with van der Waals surface area (Å²) in [7, 11) is 0. The van der Waals surface area contributed by atoms with E-state index in [0.717, 1.165) is 0 Å². The lowest BCUT2D eigenvalue weighted by Crippen LogP contribution is -2.42. The van der Waals surface area contributed by atoms with Gasteiger partial charge in [-0.1, -0.05) is 18.2 Å². The summed E-state index contributed by atoms with van der Waals surface area (Å²) in [5.41, 5.74) is 0.640. The summed E-state index contributed by atoms with van der Waals surface area (Å²) in [5.74, 6) is 2.71. The molecule has 1 saturated carbocycles. The van der Waals surface area contributed by atoms with Crippen molar-refractivity contribution >= 4 is 5.91 Å². The molecule has 2 aromatic rings. The number of carbonyl (C=O) groups is 1. The van der Waals surface area contributed by atoms with Crippen molar-refractivity contribution in [1.82, 2.24) is 4.90 Å². The van der Waals surface area contributed by atoms with Crippen molar-refractivity contribution < 1.29 is 29.2 Å². The number of para-hydroxylation sites is 1. The Hall–Kier alpha value is -2.93. The van der Waals surface area contributed by atoms with Gasteiger partial charge in [-0.25, -0.2) is 0 Å². The monoisotopic (exact) mass is 411 g/mol. The van der Waals surface area contributed by atoms with E-state index in [9.17, 15) is 15.0 Å². The highest BCUT2D eigenvalue weighted by atomic mass is 16.7. The molecule has 0 aromatic heterocycles. The minimum Gasteiger partial charge on any atom is -0.508 e. The zero-order valence-electron chi connectivity index (χ0n) is 16.6. The number of amides is 1. The van der Waals surface area contributed by atoms with Gasteiger partial charge in [0.25, 0.3) is 0 Å². The van der Waals surface area contributed by atoms with E-state index in [4.69, 9.17) is 14.2 Å². The topological polar surface area (TPSA) is 88.5 Å². The predicted molar refractivity (Wildman–Crippen MR) is 108 cm³/mol. The summed E-state index contributed by atoms with van der Waals surface area (Å²) in [6, 6.07) is 12.4. The molecule has 0 bridgehead atoms. The van der Waals surface area contributed by atoms with Gasteiger partial charge in [-0.05, 0) is 42.9 Å². The highest BCUT2D eigenvalue weighted by Crippen LogP contribution is 2.40. The van der Waals surface area contributed by atoms with Crippen molar-refractivity contribution in [1.29, 1.82) is 0 Å². The van der Waals surface area contributed by atoms with Crippen molar-refractivity contribution in [3.63, 3.8) is 0 Å². The lowest BCUT2D eigenvalue weighted by Gasteiger charge is -2.35. The Morgan fingerprint density at radius 2 is 1.83 bits per heavy atom. The van der Waals surface area contributed by atoms with Gasteiger partial charge in [0.15, 0.2) is 11.5 Å². The SMILES string of the molecule is O=C(Cc1ccccc1O)N1C[C@H]2C[C@@H](Oc3ccc4c(c3)OCO4)[C@H](O)C[C@H]2C1. The van der Waals surface area contributed by atoms with E-state index < -0.39 is 6.10 Å². The van der Waals surface area contributed by atoms with Crippen LogP contribution in [0.1, 0.15) is 18.4 Å². The number of aliphatic hydroxyl groups excluding tert-OH is 1. The fourth-order valence-corrected chi connectivity index (χ4v) is 4.78. The number of fused-ring (bicyclic) bond motifs is 2. The zero-order chi connectivity index (χ0) is 20.7. The maximum atomic E-state index is 12.8. The minimum atomic E-state index is -0.579. The first-order valence-electron chi connectivity index (χ1n) is 10.4. The molecule has 0 radical (unpaired) electrons. The highest BCUT2D eigenvalue weighted by Gasteiger charge is 2.44. The second-order valence-corrected chi connectivity index (χ2v) is 8.33. The number of phenols is 1. The molecular weight excluding hydrogens is 386 g/mol. The summed E-state index contributed by atoms with van der Waals surface area (Å²) in [5, 5.41) is 20.6. The Kier molecular flexibility index (Phi) is 4.90. The van der Waals surface area contributed by atoms with Gasteiger partial charge >= 0.3 is 0 Å². The first kappa shape index (κ1) is 19.1. The summed E-state index contributed by atoms with van der Waals surface area (Å²) >= 11 is 0. The van der Waals surface area contributed by atoms with Crippen molar-refractivity contribution in [3.8, 4) is 23.0 Å². The number of aliphatic hydroxyl groups is 1. The first-order valence-corrected chi connectivity index (χ1v) is 10.4.